The first kappa shape index (κ1) is 19.8. The number of nitrogens with one attached hydrogen (secondary N) is 1. The lowest BCUT2D eigenvalue weighted by molar-refractivity contribution is -0.115. The van der Waals surface area contributed by atoms with Gasteiger partial charge in [0.1, 0.15) is 0 Å². The van der Waals surface area contributed by atoms with Crippen molar-refractivity contribution in [3.63, 3.8) is 0 Å². The molecule has 0 spiro atoms. The molecule has 0 radical (unpaired) electrons. The van der Waals surface area contributed by atoms with E-state index in [1.54, 1.807) is 42.6 Å². The maximum Gasteiger partial charge on any atom is 0.258 e. The summed E-state index contributed by atoms with van der Waals surface area (Å²) < 4.78 is 24.4. The van der Waals surface area contributed by atoms with Crippen LogP contribution < -0.4 is 10.9 Å². The minimum absolute atomic E-state index is 0.0714. The first-order chi connectivity index (χ1) is 13.3. The molecule has 2 aromatic carbocycles. The normalized spacial score (nSPS) is 11.5. The van der Waals surface area contributed by atoms with Gasteiger partial charge in [-0.15, -0.1) is 0 Å². The molecule has 7 nitrogen and oxygen atoms in total. The molecule has 3 rings (SSSR count). The lowest BCUT2D eigenvalue weighted by Crippen LogP contribution is -2.21. The van der Waals surface area contributed by atoms with Gasteiger partial charge in [0.25, 0.3) is 5.56 Å². The maximum atomic E-state index is 12.5. The van der Waals surface area contributed by atoms with E-state index in [-0.39, 0.29) is 35.9 Å². The molecule has 3 aromatic rings. The number of pyridine rings is 1. The number of carbonyl (C=O) groups excluding carboxylic acids is 1. The van der Waals surface area contributed by atoms with Gasteiger partial charge in [-0.2, -0.15) is 0 Å². The van der Waals surface area contributed by atoms with E-state index < -0.39 is 9.84 Å². The lowest BCUT2D eigenvalue weighted by Gasteiger charge is -2.11. The minimum Gasteiger partial charge on any atom is -0.395 e. The van der Waals surface area contributed by atoms with Crippen molar-refractivity contribution < 1.29 is 18.3 Å². The number of hydrogen-bond donors (Lipinski definition) is 2. The quantitative estimate of drug-likeness (QED) is 0.654. The third-order valence-electron chi connectivity index (χ3n) is 4.35. The maximum absolute atomic E-state index is 12.5. The highest BCUT2D eigenvalue weighted by molar-refractivity contribution is 7.90. The van der Waals surface area contributed by atoms with E-state index >= 15 is 0 Å². The Morgan fingerprint density at radius 3 is 2.43 bits per heavy atom. The molecule has 0 atom stereocenters. The number of fused-ring (bicyclic) bond motifs is 1. The van der Waals surface area contributed by atoms with E-state index in [0.29, 0.717) is 22.0 Å². The molecule has 1 amide bonds. The van der Waals surface area contributed by atoms with Crippen molar-refractivity contribution >= 4 is 32.2 Å². The highest BCUT2D eigenvalue weighted by atomic mass is 32.2. The lowest BCUT2D eigenvalue weighted by atomic mass is 10.1. The minimum atomic E-state index is -3.28. The summed E-state index contributed by atoms with van der Waals surface area (Å²) in [5.74, 6) is -0.279. The topological polar surface area (TPSA) is 105 Å². The van der Waals surface area contributed by atoms with Crippen molar-refractivity contribution in [2.24, 2.45) is 0 Å². The summed E-state index contributed by atoms with van der Waals surface area (Å²) in [4.78, 5) is 25.1. The van der Waals surface area contributed by atoms with Crippen LogP contribution in [0, 0.1) is 0 Å². The average Bonchev–Trinajstić information content (AvgIpc) is 2.64. The van der Waals surface area contributed by atoms with E-state index in [2.05, 4.69) is 5.32 Å². The van der Waals surface area contributed by atoms with Gasteiger partial charge in [-0.3, -0.25) is 9.59 Å². The number of aromatic nitrogens is 1. The molecule has 0 saturated heterocycles. The Bertz CT molecular complexity index is 1180. The van der Waals surface area contributed by atoms with E-state index in [9.17, 15) is 18.0 Å². The first-order valence-corrected chi connectivity index (χ1v) is 10.5. The number of anilines is 1. The third-order valence-corrected chi connectivity index (χ3v) is 5.48. The molecule has 1 heterocycles. The first-order valence-electron chi connectivity index (χ1n) is 8.61. The van der Waals surface area contributed by atoms with Crippen LogP contribution in [-0.2, 0) is 27.6 Å². The van der Waals surface area contributed by atoms with Gasteiger partial charge in [0, 0.05) is 35.5 Å². The molecule has 0 aliphatic heterocycles. The van der Waals surface area contributed by atoms with E-state index in [4.69, 9.17) is 5.11 Å². The molecule has 8 heteroatoms. The molecule has 0 aliphatic carbocycles. The zero-order chi connectivity index (χ0) is 20.3. The van der Waals surface area contributed by atoms with Crippen molar-refractivity contribution in [2.45, 2.75) is 17.9 Å². The Morgan fingerprint density at radius 1 is 1.07 bits per heavy atom. The van der Waals surface area contributed by atoms with E-state index in [1.807, 2.05) is 0 Å². The molecule has 0 unspecified atom stereocenters. The van der Waals surface area contributed by atoms with E-state index in [0.717, 1.165) is 6.26 Å². The Kier molecular flexibility index (Phi) is 5.62. The van der Waals surface area contributed by atoms with Crippen LogP contribution in [-0.4, -0.2) is 36.9 Å². The average molecular weight is 400 g/mol. The Hall–Kier alpha value is -2.97. The number of aliphatic hydroxyl groups excluding tert-OH is 1. The molecule has 0 fully saturated rings. The largest absolute Gasteiger partial charge is 0.395 e. The molecule has 0 saturated carbocycles. The zero-order valence-electron chi connectivity index (χ0n) is 15.3. The number of rotatable bonds is 6. The van der Waals surface area contributed by atoms with Gasteiger partial charge in [0.2, 0.25) is 5.91 Å². The second-order valence-corrected chi connectivity index (χ2v) is 8.46. The second-order valence-electron chi connectivity index (χ2n) is 6.45. The highest BCUT2D eigenvalue weighted by Crippen LogP contribution is 2.21. The van der Waals surface area contributed by atoms with Gasteiger partial charge in [0.05, 0.1) is 17.9 Å². The second kappa shape index (κ2) is 7.95. The fourth-order valence-corrected chi connectivity index (χ4v) is 3.58. The predicted molar refractivity (Wildman–Crippen MR) is 107 cm³/mol. The van der Waals surface area contributed by atoms with Crippen molar-refractivity contribution in [1.82, 2.24) is 4.57 Å². The summed E-state index contributed by atoms with van der Waals surface area (Å²) in [5, 5.41) is 12.9. The summed E-state index contributed by atoms with van der Waals surface area (Å²) in [5.41, 5.74) is 0.956. The van der Waals surface area contributed by atoms with Crippen LogP contribution in [0.3, 0.4) is 0 Å². The van der Waals surface area contributed by atoms with Crippen LogP contribution in [0.4, 0.5) is 5.69 Å². The zero-order valence-corrected chi connectivity index (χ0v) is 16.1. The number of aliphatic hydroxyl groups is 1. The monoisotopic (exact) mass is 400 g/mol. The number of sulfone groups is 1. The standard InChI is InChI=1S/C20H20N2O5S/c1-28(26,27)15-7-5-14(6-8-15)13-19(24)21-18-4-2-3-17-16(18)9-10-22(11-12-23)20(17)25/h2-10,23H,11-13H2,1H3,(H,21,24). The van der Waals surface area contributed by atoms with Gasteiger partial charge in [-0.1, -0.05) is 18.2 Å². The molecule has 2 N–H and O–H groups in total. The van der Waals surface area contributed by atoms with Gasteiger partial charge in [-0.25, -0.2) is 8.42 Å². The third kappa shape index (κ3) is 4.29. The van der Waals surface area contributed by atoms with Gasteiger partial charge in [0.15, 0.2) is 9.84 Å². The molecule has 146 valence electrons. The van der Waals surface area contributed by atoms with Crippen LogP contribution in [0.25, 0.3) is 10.8 Å². The predicted octanol–water partition coefficient (Wildman–Crippen LogP) is 1.58. The van der Waals surface area contributed by atoms with Crippen LogP contribution in [0.15, 0.2) is 64.4 Å². The van der Waals surface area contributed by atoms with Crippen molar-refractivity contribution in [3.8, 4) is 0 Å². The molecule has 0 bridgehead atoms. The molecular weight excluding hydrogens is 380 g/mol. The van der Waals surface area contributed by atoms with Crippen molar-refractivity contribution in [3.05, 3.63) is 70.6 Å². The van der Waals surface area contributed by atoms with Gasteiger partial charge in [-0.05, 0) is 35.9 Å². The van der Waals surface area contributed by atoms with Crippen LogP contribution >= 0.6 is 0 Å². The number of benzene rings is 2. The fraction of sp³-hybridized carbons (Fsp3) is 0.200. The Balaban J connectivity index is 1.81. The summed E-state index contributed by atoms with van der Waals surface area (Å²) in [7, 11) is -3.28. The van der Waals surface area contributed by atoms with Crippen LogP contribution in [0.5, 0.6) is 0 Å². The smallest absolute Gasteiger partial charge is 0.258 e. The summed E-state index contributed by atoms with van der Waals surface area (Å²) in [6, 6.07) is 12.9. The SMILES string of the molecule is CS(=O)(=O)c1ccc(CC(=O)Nc2cccc3c(=O)n(CCO)ccc23)cc1. The fourth-order valence-electron chi connectivity index (χ4n) is 2.95. The molecule has 1 aromatic heterocycles. The van der Waals surface area contributed by atoms with Crippen molar-refractivity contribution in [2.75, 3.05) is 18.2 Å². The van der Waals surface area contributed by atoms with Gasteiger partial charge < -0.3 is 15.0 Å². The number of hydrogen-bond acceptors (Lipinski definition) is 5. The Labute approximate surface area is 162 Å². The number of carbonyl (C=O) groups is 1. The Morgan fingerprint density at radius 2 is 1.79 bits per heavy atom. The van der Waals surface area contributed by atoms with Gasteiger partial charge >= 0.3 is 0 Å². The number of amides is 1. The number of nitrogens with zero attached hydrogens (tertiary/aromatic N) is 1. The molecule has 0 aliphatic rings. The van der Waals surface area contributed by atoms with Crippen molar-refractivity contribution in [1.29, 1.82) is 0 Å². The van der Waals surface area contributed by atoms with E-state index in [1.165, 1.54) is 16.7 Å². The van der Waals surface area contributed by atoms with Crippen LogP contribution in [0.2, 0.25) is 0 Å². The highest BCUT2D eigenvalue weighted by Gasteiger charge is 2.11. The van der Waals surface area contributed by atoms with Crippen LogP contribution in [0.1, 0.15) is 5.56 Å². The molecule has 28 heavy (non-hydrogen) atoms. The summed E-state index contributed by atoms with van der Waals surface area (Å²) >= 11 is 0. The molecular formula is C20H20N2O5S. The summed E-state index contributed by atoms with van der Waals surface area (Å²) in [6.07, 6.45) is 2.78. The summed E-state index contributed by atoms with van der Waals surface area (Å²) in [6.45, 7) is 0.0643.